The third-order valence-electron chi connectivity index (χ3n) is 3.57. The largest absolute Gasteiger partial charge is 0.465 e. The lowest BCUT2D eigenvalue weighted by atomic mass is 9.82. The van der Waals surface area contributed by atoms with Gasteiger partial charge in [-0.25, -0.2) is 0 Å². The molecule has 2 fully saturated rings. The summed E-state index contributed by atoms with van der Waals surface area (Å²) in [6, 6.07) is 0. The zero-order chi connectivity index (χ0) is 9.47. The summed E-state index contributed by atoms with van der Waals surface area (Å²) in [7, 11) is 0. The fraction of sp³-hybridized carbons (Fsp3) is 0.900. The Morgan fingerprint density at radius 2 is 2.46 bits per heavy atom. The fourth-order valence-corrected chi connectivity index (χ4v) is 2.81. The summed E-state index contributed by atoms with van der Waals surface area (Å²) in [5.41, 5.74) is -0.0870. The van der Waals surface area contributed by atoms with Gasteiger partial charge >= 0.3 is 5.97 Å². The van der Waals surface area contributed by atoms with Crippen LogP contribution < -0.4 is 0 Å². The molecule has 0 radical (unpaired) electrons. The van der Waals surface area contributed by atoms with Crippen LogP contribution in [0.15, 0.2) is 0 Å². The van der Waals surface area contributed by atoms with E-state index >= 15 is 0 Å². The highest BCUT2D eigenvalue weighted by Gasteiger charge is 2.52. The van der Waals surface area contributed by atoms with E-state index in [2.05, 4.69) is 0 Å². The van der Waals surface area contributed by atoms with Crippen molar-refractivity contribution in [2.24, 2.45) is 11.3 Å². The van der Waals surface area contributed by atoms with Crippen molar-refractivity contribution in [2.45, 2.75) is 38.7 Å². The summed E-state index contributed by atoms with van der Waals surface area (Å²) in [4.78, 5) is 10.7. The molecule has 0 heterocycles. The minimum Gasteiger partial charge on any atom is -0.465 e. The van der Waals surface area contributed by atoms with E-state index in [1.54, 1.807) is 0 Å². The highest BCUT2D eigenvalue weighted by molar-refractivity contribution is 5.65. The normalized spacial score (nSPS) is 42.3. The van der Waals surface area contributed by atoms with E-state index in [-0.39, 0.29) is 17.5 Å². The molecule has 13 heavy (non-hydrogen) atoms. The molecular weight excluding hydrogens is 168 g/mol. The maximum absolute atomic E-state index is 10.7. The predicted molar refractivity (Wildman–Crippen MR) is 47.0 cm³/mol. The monoisotopic (exact) mass is 184 g/mol. The number of ether oxygens (including phenoxy) is 1. The summed E-state index contributed by atoms with van der Waals surface area (Å²) < 4.78 is 5.02. The lowest BCUT2D eigenvalue weighted by Crippen LogP contribution is -2.35. The second-order valence-electron chi connectivity index (χ2n) is 4.50. The molecule has 2 saturated carbocycles. The van der Waals surface area contributed by atoms with E-state index in [0.717, 1.165) is 19.3 Å². The second-order valence-corrected chi connectivity index (χ2v) is 4.50. The molecule has 2 rings (SSSR count). The number of hydrogen-bond donors (Lipinski definition) is 1. The van der Waals surface area contributed by atoms with E-state index in [0.29, 0.717) is 12.5 Å². The molecule has 1 N–H and O–H groups in total. The van der Waals surface area contributed by atoms with Crippen molar-refractivity contribution >= 4 is 5.97 Å². The van der Waals surface area contributed by atoms with E-state index in [1.807, 2.05) is 0 Å². The van der Waals surface area contributed by atoms with Gasteiger partial charge < -0.3 is 9.84 Å². The van der Waals surface area contributed by atoms with Crippen LogP contribution in [-0.2, 0) is 9.53 Å². The summed E-state index contributed by atoms with van der Waals surface area (Å²) in [6.45, 7) is 1.84. The molecule has 3 nitrogen and oxygen atoms in total. The molecule has 2 aliphatic carbocycles. The van der Waals surface area contributed by atoms with Gasteiger partial charge in [-0.3, -0.25) is 4.79 Å². The zero-order valence-electron chi connectivity index (χ0n) is 7.95. The summed E-state index contributed by atoms with van der Waals surface area (Å²) >= 11 is 0. The van der Waals surface area contributed by atoms with Crippen LogP contribution in [0.4, 0.5) is 0 Å². The van der Waals surface area contributed by atoms with Gasteiger partial charge in [0.25, 0.3) is 0 Å². The van der Waals surface area contributed by atoms with Crippen LogP contribution in [0, 0.1) is 11.3 Å². The topological polar surface area (TPSA) is 46.5 Å². The molecule has 0 aliphatic heterocycles. The molecule has 0 aromatic heterocycles. The standard InChI is InChI=1S/C10H16O3/c1-7(11)13-6-10-3-2-8(5-10)4-9(10)12/h8-9,12H,2-6H2,1H3/t8-,9+,10-/m0/s1. The number of rotatable bonds is 2. The van der Waals surface area contributed by atoms with Crippen LogP contribution in [-0.4, -0.2) is 23.8 Å². The van der Waals surface area contributed by atoms with Crippen molar-refractivity contribution < 1.29 is 14.6 Å². The van der Waals surface area contributed by atoms with E-state index < -0.39 is 0 Å². The SMILES string of the molecule is CC(=O)OC[C@@]12CC[C@@H](C[C@H]1O)C2. The summed E-state index contributed by atoms with van der Waals surface area (Å²) in [5, 5.41) is 9.79. The third-order valence-corrected chi connectivity index (χ3v) is 3.57. The minimum atomic E-state index is -0.245. The van der Waals surface area contributed by atoms with Gasteiger partial charge in [0.05, 0.1) is 12.7 Å². The Balaban J connectivity index is 1.98. The van der Waals surface area contributed by atoms with Gasteiger partial charge in [-0.05, 0) is 31.6 Å². The Morgan fingerprint density at radius 1 is 1.69 bits per heavy atom. The van der Waals surface area contributed by atoms with E-state index in [4.69, 9.17) is 4.74 Å². The Kier molecular flexibility index (Phi) is 2.06. The number of hydrogen-bond acceptors (Lipinski definition) is 3. The van der Waals surface area contributed by atoms with E-state index in [9.17, 15) is 9.90 Å². The van der Waals surface area contributed by atoms with Crippen molar-refractivity contribution in [1.82, 2.24) is 0 Å². The van der Waals surface area contributed by atoms with Crippen LogP contribution >= 0.6 is 0 Å². The molecular formula is C10H16O3. The Morgan fingerprint density at radius 3 is 2.92 bits per heavy atom. The summed E-state index contributed by atoms with van der Waals surface area (Å²) in [5.74, 6) is 0.433. The first-order valence-electron chi connectivity index (χ1n) is 4.94. The van der Waals surface area contributed by atoms with Crippen molar-refractivity contribution in [3.8, 4) is 0 Å². The lowest BCUT2D eigenvalue weighted by molar-refractivity contribution is -0.146. The smallest absolute Gasteiger partial charge is 0.302 e. The third kappa shape index (κ3) is 1.46. The fourth-order valence-electron chi connectivity index (χ4n) is 2.81. The number of esters is 1. The molecule has 2 aliphatic rings. The predicted octanol–water partition coefficient (Wildman–Crippen LogP) is 1.10. The van der Waals surface area contributed by atoms with Gasteiger partial charge in [0.2, 0.25) is 0 Å². The maximum Gasteiger partial charge on any atom is 0.302 e. The number of aliphatic hydroxyl groups is 1. The van der Waals surface area contributed by atoms with Gasteiger partial charge in [-0.1, -0.05) is 0 Å². The quantitative estimate of drug-likeness (QED) is 0.654. The maximum atomic E-state index is 10.7. The molecule has 0 spiro atoms. The highest BCUT2D eigenvalue weighted by Crippen LogP contribution is 2.54. The summed E-state index contributed by atoms with van der Waals surface area (Å²) in [6.07, 6.45) is 3.92. The highest BCUT2D eigenvalue weighted by atomic mass is 16.5. The molecule has 0 amide bonds. The molecule has 0 saturated heterocycles. The number of carbonyl (C=O) groups is 1. The molecule has 0 aromatic rings. The van der Waals surface area contributed by atoms with Crippen molar-refractivity contribution in [2.75, 3.05) is 6.61 Å². The van der Waals surface area contributed by atoms with Crippen LogP contribution in [0.25, 0.3) is 0 Å². The van der Waals surface area contributed by atoms with Crippen LogP contribution in [0.1, 0.15) is 32.6 Å². The van der Waals surface area contributed by atoms with Crippen molar-refractivity contribution in [3.63, 3.8) is 0 Å². The Labute approximate surface area is 78.1 Å². The number of aliphatic hydroxyl groups excluding tert-OH is 1. The molecule has 3 heteroatoms. The van der Waals surface area contributed by atoms with Gasteiger partial charge in [-0.15, -0.1) is 0 Å². The van der Waals surface area contributed by atoms with Gasteiger partial charge in [-0.2, -0.15) is 0 Å². The zero-order valence-corrected chi connectivity index (χ0v) is 7.95. The average Bonchev–Trinajstić information content (AvgIpc) is 2.58. The van der Waals surface area contributed by atoms with E-state index in [1.165, 1.54) is 13.3 Å². The van der Waals surface area contributed by atoms with Crippen molar-refractivity contribution in [3.05, 3.63) is 0 Å². The lowest BCUT2D eigenvalue weighted by Gasteiger charge is -2.30. The van der Waals surface area contributed by atoms with Crippen LogP contribution in [0.2, 0.25) is 0 Å². The first-order chi connectivity index (χ1) is 6.12. The Bertz CT molecular complexity index is 226. The molecule has 3 atom stereocenters. The number of carbonyl (C=O) groups excluding carboxylic acids is 1. The molecule has 0 aromatic carbocycles. The van der Waals surface area contributed by atoms with Crippen LogP contribution in [0.5, 0.6) is 0 Å². The average molecular weight is 184 g/mol. The minimum absolute atomic E-state index is 0.0870. The van der Waals surface area contributed by atoms with Crippen molar-refractivity contribution in [1.29, 1.82) is 0 Å². The van der Waals surface area contributed by atoms with Crippen LogP contribution in [0.3, 0.4) is 0 Å². The number of fused-ring (bicyclic) bond motifs is 2. The molecule has 74 valence electrons. The van der Waals surface area contributed by atoms with Gasteiger partial charge in [0.15, 0.2) is 0 Å². The first-order valence-corrected chi connectivity index (χ1v) is 4.94. The second kappa shape index (κ2) is 2.98. The first kappa shape index (κ1) is 9.00. The Hall–Kier alpha value is -0.570. The molecule has 2 bridgehead atoms. The van der Waals surface area contributed by atoms with Gasteiger partial charge in [0.1, 0.15) is 0 Å². The van der Waals surface area contributed by atoms with Gasteiger partial charge in [0, 0.05) is 12.3 Å². The molecule has 0 unspecified atom stereocenters.